The van der Waals surface area contributed by atoms with E-state index in [9.17, 15) is 25.2 Å². The van der Waals surface area contributed by atoms with Crippen LogP contribution in [0.25, 0.3) is 0 Å². The Labute approximate surface area is 212 Å². The standard InChI is InChI=1S/C30H36O6/c1-16(2)7-10-19-13-21(14-20(26(19)33)11-8-17(3)4)29-28(35)27(34)25-24(32)15-23(31)22(30(25)36-29)12-9-18(5)6/h7-9,13-15,28-29,31-33,35H,10-12H2,1-6H3/t28-,29+/m1/s1. The van der Waals surface area contributed by atoms with Crippen molar-refractivity contribution in [2.45, 2.75) is 73.0 Å². The molecule has 1 aliphatic heterocycles. The van der Waals surface area contributed by atoms with Crippen molar-refractivity contribution in [2.75, 3.05) is 0 Å². The maximum absolute atomic E-state index is 13.2. The first-order chi connectivity index (χ1) is 16.9. The molecule has 0 aliphatic carbocycles. The highest BCUT2D eigenvalue weighted by Gasteiger charge is 2.41. The number of fused-ring (bicyclic) bond motifs is 1. The SMILES string of the molecule is CC(C)=CCc1cc([C@@H]2Oc3c(CC=C(C)C)c(O)cc(O)c3C(=O)[C@H]2O)cc(CC=C(C)C)c1O. The Morgan fingerprint density at radius 2 is 1.31 bits per heavy atom. The van der Waals surface area contributed by atoms with Gasteiger partial charge in [0.25, 0.3) is 0 Å². The number of phenolic OH excluding ortho intramolecular Hbond substituents is 3. The number of aliphatic hydroxyl groups is 1. The van der Waals surface area contributed by atoms with Crippen LogP contribution in [0.15, 0.2) is 53.1 Å². The lowest BCUT2D eigenvalue weighted by molar-refractivity contribution is 0.0206. The Balaban J connectivity index is 2.17. The zero-order valence-electron chi connectivity index (χ0n) is 21.8. The summed E-state index contributed by atoms with van der Waals surface area (Å²) >= 11 is 0. The second-order valence-corrected chi connectivity index (χ2v) is 10.1. The number of Topliss-reactive ketones (excluding diaryl/α,β-unsaturated/α-hetero) is 1. The van der Waals surface area contributed by atoms with Gasteiger partial charge in [0.05, 0.1) is 0 Å². The molecule has 0 unspecified atom stereocenters. The lowest BCUT2D eigenvalue weighted by Crippen LogP contribution is -2.36. The van der Waals surface area contributed by atoms with Gasteiger partial charge in [-0.15, -0.1) is 0 Å². The van der Waals surface area contributed by atoms with Gasteiger partial charge in [-0.2, -0.15) is 0 Å². The topological polar surface area (TPSA) is 107 Å². The van der Waals surface area contributed by atoms with E-state index in [-0.39, 0.29) is 22.8 Å². The number of hydrogen-bond donors (Lipinski definition) is 4. The first kappa shape index (κ1) is 27.1. The molecule has 4 N–H and O–H groups in total. The van der Waals surface area contributed by atoms with Crippen molar-refractivity contribution in [3.05, 3.63) is 81.0 Å². The van der Waals surface area contributed by atoms with Crippen LogP contribution in [0.4, 0.5) is 0 Å². The molecule has 36 heavy (non-hydrogen) atoms. The van der Waals surface area contributed by atoms with Crippen LogP contribution in [-0.4, -0.2) is 32.3 Å². The number of carbonyl (C=O) groups excluding carboxylic acids is 1. The van der Waals surface area contributed by atoms with Crippen LogP contribution in [0.5, 0.6) is 23.0 Å². The summed E-state index contributed by atoms with van der Waals surface area (Å²) in [4.78, 5) is 13.2. The van der Waals surface area contributed by atoms with E-state index in [1.807, 2.05) is 59.8 Å². The van der Waals surface area contributed by atoms with E-state index >= 15 is 0 Å². The minimum Gasteiger partial charge on any atom is -0.507 e. The Morgan fingerprint density at radius 1 is 0.806 bits per heavy atom. The fourth-order valence-electron chi connectivity index (χ4n) is 4.16. The molecule has 0 spiro atoms. The van der Waals surface area contributed by atoms with Gasteiger partial charge < -0.3 is 25.2 Å². The molecule has 0 radical (unpaired) electrons. The molecule has 1 aliphatic rings. The number of hydrogen-bond acceptors (Lipinski definition) is 6. The fraction of sp³-hybridized carbons (Fsp3) is 0.367. The van der Waals surface area contributed by atoms with E-state index < -0.39 is 23.7 Å². The Morgan fingerprint density at radius 3 is 1.81 bits per heavy atom. The summed E-state index contributed by atoms with van der Waals surface area (Å²) in [7, 11) is 0. The molecular formula is C30H36O6. The highest BCUT2D eigenvalue weighted by Crippen LogP contribution is 2.46. The smallest absolute Gasteiger partial charge is 0.202 e. The van der Waals surface area contributed by atoms with Crippen LogP contribution in [0.1, 0.15) is 80.3 Å². The third kappa shape index (κ3) is 5.82. The summed E-state index contributed by atoms with van der Waals surface area (Å²) in [6.45, 7) is 11.7. The molecule has 6 heteroatoms. The highest BCUT2D eigenvalue weighted by atomic mass is 16.5. The minimum absolute atomic E-state index is 0.0649. The summed E-state index contributed by atoms with van der Waals surface area (Å²) in [6, 6.07) is 4.59. The Kier molecular flexibility index (Phi) is 8.31. The average molecular weight is 493 g/mol. The molecule has 3 rings (SSSR count). The molecule has 0 saturated heterocycles. The van der Waals surface area contributed by atoms with Crippen LogP contribution in [-0.2, 0) is 19.3 Å². The first-order valence-corrected chi connectivity index (χ1v) is 12.1. The lowest BCUT2D eigenvalue weighted by atomic mass is 9.88. The van der Waals surface area contributed by atoms with Gasteiger partial charge >= 0.3 is 0 Å². The molecular weight excluding hydrogens is 456 g/mol. The van der Waals surface area contributed by atoms with Crippen LogP contribution in [0.3, 0.4) is 0 Å². The van der Waals surface area contributed by atoms with Crippen molar-refractivity contribution in [1.29, 1.82) is 0 Å². The van der Waals surface area contributed by atoms with E-state index in [4.69, 9.17) is 4.74 Å². The minimum atomic E-state index is -1.57. The molecule has 2 aromatic rings. The number of aliphatic hydroxyl groups excluding tert-OH is 1. The van der Waals surface area contributed by atoms with Crippen molar-refractivity contribution in [1.82, 2.24) is 0 Å². The molecule has 0 saturated carbocycles. The molecule has 192 valence electrons. The summed E-state index contributed by atoms with van der Waals surface area (Å²) in [5.41, 5.74) is 5.28. The summed E-state index contributed by atoms with van der Waals surface area (Å²) in [6.07, 6.45) is 4.48. The normalized spacial score (nSPS) is 16.6. The van der Waals surface area contributed by atoms with Crippen LogP contribution in [0.2, 0.25) is 0 Å². The lowest BCUT2D eigenvalue weighted by Gasteiger charge is -2.32. The van der Waals surface area contributed by atoms with Gasteiger partial charge in [0.15, 0.2) is 12.2 Å². The zero-order chi connectivity index (χ0) is 26.7. The first-order valence-electron chi connectivity index (χ1n) is 12.1. The zero-order valence-corrected chi connectivity index (χ0v) is 21.8. The van der Waals surface area contributed by atoms with Gasteiger partial charge in [-0.1, -0.05) is 34.9 Å². The van der Waals surface area contributed by atoms with Crippen molar-refractivity contribution < 1.29 is 30.0 Å². The van der Waals surface area contributed by atoms with E-state index in [1.54, 1.807) is 12.1 Å². The van der Waals surface area contributed by atoms with E-state index in [0.29, 0.717) is 41.5 Å². The third-order valence-electron chi connectivity index (χ3n) is 6.18. The maximum atomic E-state index is 13.2. The number of phenols is 3. The predicted octanol–water partition coefficient (Wildman–Crippen LogP) is 6.01. The fourth-order valence-corrected chi connectivity index (χ4v) is 4.16. The summed E-state index contributed by atoms with van der Waals surface area (Å²) in [5.74, 6) is -1.07. The molecule has 2 aromatic carbocycles. The van der Waals surface area contributed by atoms with Crippen molar-refractivity contribution >= 4 is 5.78 Å². The van der Waals surface area contributed by atoms with Crippen molar-refractivity contribution in [3.8, 4) is 23.0 Å². The average Bonchev–Trinajstić information content (AvgIpc) is 2.78. The predicted molar refractivity (Wildman–Crippen MR) is 141 cm³/mol. The molecule has 0 amide bonds. The van der Waals surface area contributed by atoms with Gasteiger partial charge in [-0.3, -0.25) is 4.79 Å². The van der Waals surface area contributed by atoms with Crippen molar-refractivity contribution in [3.63, 3.8) is 0 Å². The monoisotopic (exact) mass is 492 g/mol. The molecule has 2 atom stereocenters. The van der Waals surface area contributed by atoms with Gasteiger partial charge in [0.1, 0.15) is 28.6 Å². The Hall–Kier alpha value is -3.51. The molecule has 0 bridgehead atoms. The number of ketones is 1. The van der Waals surface area contributed by atoms with E-state index in [2.05, 4.69) is 0 Å². The number of allylic oxidation sites excluding steroid dienone is 6. The van der Waals surface area contributed by atoms with E-state index in [0.717, 1.165) is 22.8 Å². The molecule has 6 nitrogen and oxygen atoms in total. The molecule has 1 heterocycles. The number of rotatable bonds is 7. The largest absolute Gasteiger partial charge is 0.507 e. The van der Waals surface area contributed by atoms with Crippen LogP contribution >= 0.6 is 0 Å². The number of ether oxygens (including phenoxy) is 1. The van der Waals surface area contributed by atoms with Gasteiger partial charge in [0, 0.05) is 11.6 Å². The highest BCUT2D eigenvalue weighted by molar-refractivity contribution is 6.06. The quantitative estimate of drug-likeness (QED) is 0.353. The second kappa shape index (κ2) is 11.0. The number of benzene rings is 2. The van der Waals surface area contributed by atoms with Crippen LogP contribution in [0, 0.1) is 0 Å². The summed E-state index contributed by atoms with van der Waals surface area (Å²) < 4.78 is 6.19. The maximum Gasteiger partial charge on any atom is 0.202 e. The summed E-state index contributed by atoms with van der Waals surface area (Å²) in [5, 5.41) is 42.9. The van der Waals surface area contributed by atoms with Gasteiger partial charge in [-0.05, 0) is 89.6 Å². The van der Waals surface area contributed by atoms with E-state index in [1.165, 1.54) is 0 Å². The third-order valence-corrected chi connectivity index (χ3v) is 6.18. The number of carbonyl (C=O) groups is 1. The molecule has 0 fully saturated rings. The second-order valence-electron chi connectivity index (χ2n) is 10.1. The van der Waals surface area contributed by atoms with Gasteiger partial charge in [0.2, 0.25) is 5.78 Å². The van der Waals surface area contributed by atoms with Gasteiger partial charge in [-0.25, -0.2) is 0 Å². The van der Waals surface area contributed by atoms with Crippen LogP contribution < -0.4 is 4.74 Å². The Bertz CT molecular complexity index is 1210. The molecule has 0 aromatic heterocycles. The van der Waals surface area contributed by atoms with Crippen molar-refractivity contribution in [2.24, 2.45) is 0 Å². The number of aromatic hydroxyl groups is 3.